The first kappa shape index (κ1) is 31.9. The van der Waals surface area contributed by atoms with Crippen LogP contribution in [0, 0.1) is 24.2 Å². The number of phenolic OH excluding ortho intramolecular Hbond substituents is 1. The first-order valence-electron chi connectivity index (χ1n) is 13.1. The van der Waals surface area contributed by atoms with Gasteiger partial charge in [0, 0.05) is 31.4 Å². The lowest BCUT2D eigenvalue weighted by Gasteiger charge is -2.30. The third-order valence-electron chi connectivity index (χ3n) is 7.15. The number of nitrogens with one attached hydrogen (secondary N) is 1. The van der Waals surface area contributed by atoms with E-state index in [9.17, 15) is 19.8 Å². The second-order valence-electron chi connectivity index (χ2n) is 10.3. The van der Waals surface area contributed by atoms with Gasteiger partial charge in [0.2, 0.25) is 0 Å². The number of allylic oxidation sites excluding steroid dienone is 1. The predicted molar refractivity (Wildman–Crippen MR) is 150 cm³/mol. The van der Waals surface area contributed by atoms with E-state index < -0.39 is 30.5 Å². The smallest absolute Gasteiger partial charge is 0.405 e. The number of aliphatic hydroxyl groups is 1. The Kier molecular flexibility index (Phi) is 12.0. The molecule has 9 nitrogen and oxygen atoms in total. The zero-order chi connectivity index (χ0) is 29.3. The number of anilines is 1. The van der Waals surface area contributed by atoms with E-state index in [0.717, 1.165) is 0 Å². The minimum atomic E-state index is -0.938. The molecule has 214 valence electrons. The van der Waals surface area contributed by atoms with Gasteiger partial charge in [0.15, 0.2) is 6.10 Å². The van der Waals surface area contributed by atoms with Crippen molar-refractivity contribution in [3.05, 3.63) is 46.6 Å². The van der Waals surface area contributed by atoms with E-state index in [1.54, 1.807) is 39.2 Å². The van der Waals surface area contributed by atoms with Gasteiger partial charge in [-0.25, -0.2) is 4.79 Å². The predicted octanol–water partition coefficient (Wildman–Crippen LogP) is 4.06. The van der Waals surface area contributed by atoms with Crippen LogP contribution >= 0.6 is 0 Å². The Morgan fingerprint density at radius 1 is 1.18 bits per heavy atom. The third kappa shape index (κ3) is 8.85. The molecule has 2 rings (SSSR count). The number of rotatable bonds is 3. The fourth-order valence-electron chi connectivity index (χ4n) is 4.98. The van der Waals surface area contributed by atoms with Crippen LogP contribution in [0.4, 0.5) is 10.5 Å². The maximum Gasteiger partial charge on any atom is 0.405 e. The van der Waals surface area contributed by atoms with E-state index >= 15 is 0 Å². The number of hydrogen-bond donors (Lipinski definition) is 4. The molecule has 0 spiro atoms. The van der Waals surface area contributed by atoms with Gasteiger partial charge in [-0.3, -0.25) is 4.79 Å². The molecule has 1 aliphatic rings. The number of benzene rings is 1. The number of terminal acetylenes is 1. The Balaban J connectivity index is 2.54. The normalized spacial score (nSPS) is 30.2. The molecular formula is C30H42N2O7. The molecule has 2 amide bonds. The monoisotopic (exact) mass is 542 g/mol. The number of ether oxygens (including phenoxy) is 3. The highest BCUT2D eigenvalue weighted by molar-refractivity contribution is 6.03. The summed E-state index contributed by atoms with van der Waals surface area (Å²) in [7, 11) is 3.05. The minimum absolute atomic E-state index is 0.00644. The van der Waals surface area contributed by atoms with Gasteiger partial charge in [-0.05, 0) is 68.7 Å². The second kappa shape index (κ2) is 14.7. The molecule has 0 saturated carbocycles. The SMILES string of the molecule is C#Cc1cc2cc(c1O)C[C@H](C)C[C@H](OC)[C@H](O)[C@H](C)/C=C(/C)[C@@H](OC(N)=O)[C@H](OC)CC/C=C(/C)C(=O)N2. The van der Waals surface area contributed by atoms with E-state index in [-0.39, 0.29) is 29.1 Å². The average Bonchev–Trinajstić information content (AvgIpc) is 2.88. The molecule has 1 aromatic rings. The van der Waals surface area contributed by atoms with Crippen LogP contribution in [0.25, 0.3) is 0 Å². The van der Waals surface area contributed by atoms with Crippen LogP contribution in [-0.4, -0.2) is 60.8 Å². The standard InChI is InChI=1S/C30H42N2O7/c1-8-21-15-23-16-22(27(21)34)12-17(2)13-25(38-7)26(33)19(4)14-20(5)28(39-30(31)36)24(37-6)11-9-10-18(3)29(35)32-23/h1,10,14-17,19,24-26,28,33-34H,9,11-13H2,2-7H3,(H2,31,36)(H,32,35)/b18-10-,20-14-/t17-,19+,24+,25-,26+,28+/m0/s1. The van der Waals surface area contributed by atoms with Crippen LogP contribution in [0.5, 0.6) is 5.75 Å². The van der Waals surface area contributed by atoms with E-state index in [2.05, 4.69) is 11.2 Å². The van der Waals surface area contributed by atoms with E-state index in [0.29, 0.717) is 48.1 Å². The number of carbonyl (C=O) groups excluding carboxylic acids is 2. The Morgan fingerprint density at radius 3 is 2.44 bits per heavy atom. The van der Waals surface area contributed by atoms with Crippen molar-refractivity contribution in [2.24, 2.45) is 17.6 Å². The number of primary amides is 1. The molecule has 9 heteroatoms. The number of fused-ring (bicyclic) bond motifs is 2. The zero-order valence-electron chi connectivity index (χ0n) is 23.7. The Hall–Kier alpha value is -3.32. The zero-order valence-corrected chi connectivity index (χ0v) is 23.7. The molecule has 39 heavy (non-hydrogen) atoms. The Labute approximate surface area is 231 Å². The maximum atomic E-state index is 12.9. The molecule has 1 aliphatic heterocycles. The lowest BCUT2D eigenvalue weighted by molar-refractivity contribution is -0.112. The van der Waals surface area contributed by atoms with Crippen molar-refractivity contribution >= 4 is 17.7 Å². The second-order valence-corrected chi connectivity index (χ2v) is 10.3. The Morgan fingerprint density at radius 2 is 1.85 bits per heavy atom. The van der Waals surface area contributed by atoms with Gasteiger partial charge in [-0.15, -0.1) is 6.42 Å². The summed E-state index contributed by atoms with van der Waals surface area (Å²) in [5.41, 5.74) is 7.86. The highest BCUT2D eigenvalue weighted by Crippen LogP contribution is 2.31. The summed E-state index contributed by atoms with van der Waals surface area (Å²) in [6.45, 7) is 7.33. The van der Waals surface area contributed by atoms with Crippen LogP contribution in [0.15, 0.2) is 35.4 Å². The quantitative estimate of drug-likeness (QED) is 0.256. The van der Waals surface area contributed by atoms with Crippen LogP contribution in [0.3, 0.4) is 0 Å². The topological polar surface area (TPSA) is 140 Å². The highest BCUT2D eigenvalue weighted by atomic mass is 16.6. The maximum absolute atomic E-state index is 12.9. The first-order chi connectivity index (χ1) is 18.4. The number of hydrogen-bond acceptors (Lipinski definition) is 7. The van der Waals surface area contributed by atoms with Gasteiger partial charge >= 0.3 is 6.09 Å². The number of phenols is 1. The van der Waals surface area contributed by atoms with Crippen LogP contribution in [0.2, 0.25) is 0 Å². The number of aromatic hydroxyl groups is 1. The minimum Gasteiger partial charge on any atom is -0.506 e. The largest absolute Gasteiger partial charge is 0.506 e. The molecule has 5 N–H and O–H groups in total. The third-order valence-corrected chi connectivity index (χ3v) is 7.15. The van der Waals surface area contributed by atoms with Crippen molar-refractivity contribution in [1.29, 1.82) is 0 Å². The molecule has 0 fully saturated rings. The van der Waals surface area contributed by atoms with Gasteiger partial charge in [-0.1, -0.05) is 31.9 Å². The summed E-state index contributed by atoms with van der Waals surface area (Å²) in [5, 5.41) is 24.8. The van der Waals surface area contributed by atoms with Crippen LogP contribution in [-0.2, 0) is 25.4 Å². The van der Waals surface area contributed by atoms with Gasteiger partial charge in [0.05, 0.1) is 23.9 Å². The van der Waals surface area contributed by atoms with Crippen molar-refractivity contribution in [2.75, 3.05) is 19.5 Å². The van der Waals surface area contributed by atoms with Gasteiger partial charge in [-0.2, -0.15) is 0 Å². The van der Waals surface area contributed by atoms with Gasteiger partial charge in [0.1, 0.15) is 5.75 Å². The van der Waals surface area contributed by atoms with Crippen LogP contribution < -0.4 is 11.1 Å². The average molecular weight is 543 g/mol. The van der Waals surface area contributed by atoms with E-state index in [1.807, 2.05) is 19.9 Å². The van der Waals surface area contributed by atoms with E-state index in [1.165, 1.54) is 7.11 Å². The number of nitrogens with two attached hydrogens (primary N) is 1. The lowest BCUT2D eigenvalue weighted by Crippen LogP contribution is -2.37. The summed E-state index contributed by atoms with van der Waals surface area (Å²) < 4.78 is 16.7. The fourth-order valence-corrected chi connectivity index (χ4v) is 4.98. The fraction of sp³-hybridized carbons (Fsp3) is 0.533. The molecule has 0 aliphatic carbocycles. The molecule has 1 aromatic carbocycles. The molecule has 0 radical (unpaired) electrons. The van der Waals surface area contributed by atoms with Crippen molar-refractivity contribution < 1.29 is 34.0 Å². The van der Waals surface area contributed by atoms with Crippen molar-refractivity contribution in [1.82, 2.24) is 0 Å². The first-order valence-corrected chi connectivity index (χ1v) is 13.1. The van der Waals surface area contributed by atoms with Gasteiger partial charge in [0.25, 0.3) is 5.91 Å². The summed E-state index contributed by atoms with van der Waals surface area (Å²) in [4.78, 5) is 24.6. The number of methoxy groups -OCH3 is 2. The summed E-state index contributed by atoms with van der Waals surface area (Å²) in [5.74, 6) is 1.79. The van der Waals surface area contributed by atoms with Gasteiger partial charge < -0.3 is 35.5 Å². The van der Waals surface area contributed by atoms with Crippen LogP contribution in [0.1, 0.15) is 58.1 Å². The molecule has 0 unspecified atom stereocenters. The van der Waals surface area contributed by atoms with Crippen molar-refractivity contribution in [3.63, 3.8) is 0 Å². The number of aliphatic hydroxyl groups excluding tert-OH is 1. The molecule has 6 atom stereocenters. The molecular weight excluding hydrogens is 500 g/mol. The van der Waals surface area contributed by atoms with Crippen molar-refractivity contribution in [3.8, 4) is 18.1 Å². The van der Waals surface area contributed by atoms with Crippen molar-refractivity contribution in [2.45, 2.75) is 77.8 Å². The molecule has 1 heterocycles. The summed E-state index contributed by atoms with van der Waals surface area (Å²) >= 11 is 0. The summed E-state index contributed by atoms with van der Waals surface area (Å²) in [6.07, 6.45) is 7.42. The summed E-state index contributed by atoms with van der Waals surface area (Å²) in [6, 6.07) is 3.27. The molecule has 2 bridgehead atoms. The number of amides is 2. The molecule has 0 saturated heterocycles. The molecule has 0 aromatic heterocycles. The van der Waals surface area contributed by atoms with E-state index in [4.69, 9.17) is 26.4 Å². The lowest BCUT2D eigenvalue weighted by atomic mass is 9.87. The number of carbonyl (C=O) groups is 2. The Bertz CT molecular complexity index is 1120. The highest BCUT2D eigenvalue weighted by Gasteiger charge is 2.30.